The Labute approximate surface area is 118 Å². The molecule has 0 bridgehead atoms. The number of rotatable bonds is 5. The Morgan fingerprint density at radius 1 is 1.45 bits per heavy atom. The third kappa shape index (κ3) is 3.99. The van der Waals surface area contributed by atoms with Crippen LogP contribution >= 0.6 is 11.6 Å². The number of nitro groups is 1. The van der Waals surface area contributed by atoms with Crippen molar-refractivity contribution in [1.82, 2.24) is 5.32 Å². The van der Waals surface area contributed by atoms with Crippen LogP contribution in [0.25, 0.3) is 0 Å². The fourth-order valence-corrected chi connectivity index (χ4v) is 1.52. The Morgan fingerprint density at radius 3 is 2.65 bits per heavy atom. The zero-order chi connectivity index (χ0) is 15.3. The number of ether oxygens (including phenoxy) is 1. The van der Waals surface area contributed by atoms with Gasteiger partial charge < -0.3 is 21.5 Å². The molecule has 20 heavy (non-hydrogen) atoms. The molecule has 0 aliphatic rings. The molecule has 9 nitrogen and oxygen atoms in total. The second kappa shape index (κ2) is 6.57. The minimum atomic E-state index is -0.975. The van der Waals surface area contributed by atoms with E-state index in [1.165, 1.54) is 0 Å². The number of nitrogen functional groups attached to an aromatic ring is 1. The van der Waals surface area contributed by atoms with Gasteiger partial charge in [-0.2, -0.15) is 0 Å². The van der Waals surface area contributed by atoms with E-state index in [2.05, 4.69) is 10.1 Å². The van der Waals surface area contributed by atoms with Crippen molar-refractivity contribution in [2.75, 3.05) is 18.9 Å². The van der Waals surface area contributed by atoms with Crippen LogP contribution in [-0.2, 0) is 4.74 Å². The van der Waals surface area contributed by atoms with Crippen molar-refractivity contribution in [3.8, 4) is 0 Å². The normalized spacial score (nSPS) is 9.85. The third-order valence-corrected chi connectivity index (χ3v) is 2.51. The maximum absolute atomic E-state index is 11.8. The quantitative estimate of drug-likeness (QED) is 0.314. The van der Waals surface area contributed by atoms with Crippen molar-refractivity contribution in [3.63, 3.8) is 0 Å². The molecule has 0 aliphatic heterocycles. The Balaban J connectivity index is 2.81. The number of hydrogen-bond donors (Lipinski definition) is 3. The van der Waals surface area contributed by atoms with Gasteiger partial charge in [0.25, 0.3) is 11.6 Å². The van der Waals surface area contributed by atoms with E-state index in [0.717, 1.165) is 12.1 Å². The van der Waals surface area contributed by atoms with Gasteiger partial charge in [-0.05, 0) is 0 Å². The summed E-state index contributed by atoms with van der Waals surface area (Å²) in [4.78, 5) is 32.1. The lowest BCUT2D eigenvalue weighted by molar-refractivity contribution is -0.384. The third-order valence-electron chi connectivity index (χ3n) is 2.20. The van der Waals surface area contributed by atoms with Crippen molar-refractivity contribution in [3.05, 3.63) is 32.8 Å². The van der Waals surface area contributed by atoms with Gasteiger partial charge in [-0.15, -0.1) is 0 Å². The number of non-ortho nitro benzene ring substituents is 1. The number of nitrogens with two attached hydrogens (primary N) is 2. The molecule has 0 fully saturated rings. The molecule has 2 amide bonds. The molecule has 5 N–H and O–H groups in total. The number of nitro benzene ring substituents is 1. The lowest BCUT2D eigenvalue weighted by Crippen LogP contribution is -2.29. The molecule has 0 spiro atoms. The van der Waals surface area contributed by atoms with E-state index in [-0.39, 0.29) is 35.1 Å². The zero-order valence-corrected chi connectivity index (χ0v) is 10.8. The summed E-state index contributed by atoms with van der Waals surface area (Å²) in [6.45, 7) is -0.162. The monoisotopic (exact) mass is 302 g/mol. The first-order chi connectivity index (χ1) is 9.32. The number of benzene rings is 1. The van der Waals surface area contributed by atoms with E-state index < -0.39 is 16.9 Å². The van der Waals surface area contributed by atoms with Gasteiger partial charge in [0.15, 0.2) is 0 Å². The summed E-state index contributed by atoms with van der Waals surface area (Å²) in [5.41, 5.74) is 9.74. The summed E-state index contributed by atoms with van der Waals surface area (Å²) in [5, 5.41) is 12.9. The van der Waals surface area contributed by atoms with Crippen molar-refractivity contribution >= 4 is 35.0 Å². The number of nitrogens with zero attached hydrogens (tertiary/aromatic N) is 1. The molecule has 0 aromatic heterocycles. The Hall–Kier alpha value is -2.55. The van der Waals surface area contributed by atoms with Gasteiger partial charge in [0, 0.05) is 12.1 Å². The predicted molar refractivity (Wildman–Crippen MR) is 70.4 cm³/mol. The molecule has 10 heteroatoms. The number of carbonyl (C=O) groups excluding carboxylic acids is 2. The van der Waals surface area contributed by atoms with Gasteiger partial charge in [-0.25, -0.2) is 4.79 Å². The van der Waals surface area contributed by atoms with Gasteiger partial charge in [0.05, 0.1) is 27.7 Å². The highest BCUT2D eigenvalue weighted by molar-refractivity contribution is 6.34. The fourth-order valence-electron chi connectivity index (χ4n) is 1.31. The molecule has 0 aliphatic carbocycles. The van der Waals surface area contributed by atoms with Crippen molar-refractivity contribution in [2.24, 2.45) is 5.73 Å². The van der Waals surface area contributed by atoms with E-state index in [9.17, 15) is 19.7 Å². The number of amides is 2. The first kappa shape index (κ1) is 15.5. The number of anilines is 1. The van der Waals surface area contributed by atoms with Crippen LogP contribution in [0.1, 0.15) is 10.4 Å². The number of nitrogens with one attached hydrogen (secondary N) is 1. The zero-order valence-electron chi connectivity index (χ0n) is 10.1. The SMILES string of the molecule is NC(=O)OCCNC(=O)c1cc([N+](=O)[O-])cc(Cl)c1N. The van der Waals surface area contributed by atoms with E-state index in [4.69, 9.17) is 23.1 Å². The fraction of sp³-hybridized carbons (Fsp3) is 0.200. The van der Waals surface area contributed by atoms with Crippen LogP contribution in [0, 0.1) is 10.1 Å². The number of carbonyl (C=O) groups is 2. The van der Waals surface area contributed by atoms with Crippen molar-refractivity contribution in [2.45, 2.75) is 0 Å². The van der Waals surface area contributed by atoms with Gasteiger partial charge >= 0.3 is 6.09 Å². The average Bonchev–Trinajstić information content (AvgIpc) is 2.36. The van der Waals surface area contributed by atoms with E-state index >= 15 is 0 Å². The summed E-state index contributed by atoms with van der Waals surface area (Å²) in [5.74, 6) is -0.679. The summed E-state index contributed by atoms with van der Waals surface area (Å²) in [6, 6.07) is 2.05. The van der Waals surface area contributed by atoms with Gasteiger partial charge in [0.1, 0.15) is 6.61 Å². The predicted octanol–water partition coefficient (Wildman–Crippen LogP) is 0.656. The second-order valence-corrected chi connectivity index (χ2v) is 3.98. The first-order valence-corrected chi connectivity index (χ1v) is 5.64. The van der Waals surface area contributed by atoms with Crippen LogP contribution in [0.4, 0.5) is 16.2 Å². The smallest absolute Gasteiger partial charge is 0.404 e. The molecular formula is C10H11ClN4O5. The van der Waals surface area contributed by atoms with Crippen molar-refractivity contribution in [1.29, 1.82) is 0 Å². The van der Waals surface area contributed by atoms with Crippen LogP contribution in [0.3, 0.4) is 0 Å². The Kier molecular flexibility index (Phi) is 5.09. The summed E-state index contributed by atoms with van der Waals surface area (Å²) in [7, 11) is 0. The number of hydrogen-bond acceptors (Lipinski definition) is 6. The highest BCUT2D eigenvalue weighted by Gasteiger charge is 2.18. The van der Waals surface area contributed by atoms with Crippen LogP contribution in [0.5, 0.6) is 0 Å². The van der Waals surface area contributed by atoms with E-state index in [1.54, 1.807) is 0 Å². The molecular weight excluding hydrogens is 292 g/mol. The first-order valence-electron chi connectivity index (χ1n) is 5.26. The number of halogens is 1. The largest absolute Gasteiger partial charge is 0.448 e. The molecule has 0 saturated carbocycles. The molecule has 108 valence electrons. The Bertz CT molecular complexity index is 563. The standard InChI is InChI=1S/C10H11ClN4O5/c11-7-4-5(15(18)19)3-6(8(7)12)9(16)14-1-2-20-10(13)17/h3-4H,1-2,12H2,(H2,13,17)(H,14,16). The number of primary amides is 1. The lowest BCUT2D eigenvalue weighted by atomic mass is 10.1. The molecule has 1 aromatic rings. The van der Waals surface area contributed by atoms with Crippen LogP contribution < -0.4 is 16.8 Å². The van der Waals surface area contributed by atoms with Gasteiger partial charge in [-0.1, -0.05) is 11.6 Å². The van der Waals surface area contributed by atoms with Gasteiger partial charge in [0.2, 0.25) is 0 Å². The second-order valence-electron chi connectivity index (χ2n) is 3.57. The molecule has 1 rings (SSSR count). The summed E-state index contributed by atoms with van der Waals surface area (Å²) < 4.78 is 4.40. The Morgan fingerprint density at radius 2 is 2.10 bits per heavy atom. The molecule has 1 aromatic carbocycles. The van der Waals surface area contributed by atoms with E-state index in [1.807, 2.05) is 0 Å². The van der Waals surface area contributed by atoms with Crippen LogP contribution in [-0.4, -0.2) is 30.1 Å². The average molecular weight is 303 g/mol. The molecule has 0 radical (unpaired) electrons. The van der Waals surface area contributed by atoms with Crippen molar-refractivity contribution < 1.29 is 19.2 Å². The summed E-state index contributed by atoms with van der Waals surface area (Å²) in [6.07, 6.45) is -0.975. The molecule has 0 heterocycles. The van der Waals surface area contributed by atoms with E-state index in [0.29, 0.717) is 0 Å². The maximum Gasteiger partial charge on any atom is 0.404 e. The molecule has 0 atom stereocenters. The highest BCUT2D eigenvalue weighted by Crippen LogP contribution is 2.28. The molecule has 0 unspecified atom stereocenters. The maximum atomic E-state index is 11.8. The molecule has 0 saturated heterocycles. The topological polar surface area (TPSA) is 151 Å². The minimum Gasteiger partial charge on any atom is -0.448 e. The van der Waals surface area contributed by atoms with Gasteiger partial charge in [-0.3, -0.25) is 14.9 Å². The lowest BCUT2D eigenvalue weighted by Gasteiger charge is -2.08. The summed E-state index contributed by atoms with van der Waals surface area (Å²) >= 11 is 5.71. The minimum absolute atomic E-state index is 0.0263. The van der Waals surface area contributed by atoms with Crippen LogP contribution in [0.2, 0.25) is 5.02 Å². The highest BCUT2D eigenvalue weighted by atomic mass is 35.5. The van der Waals surface area contributed by atoms with Crippen LogP contribution in [0.15, 0.2) is 12.1 Å².